The van der Waals surface area contributed by atoms with E-state index in [2.05, 4.69) is 39.0 Å². The van der Waals surface area contributed by atoms with E-state index in [1.54, 1.807) is 0 Å². The second kappa shape index (κ2) is 7.76. The van der Waals surface area contributed by atoms with E-state index < -0.39 is 10.9 Å². The minimum absolute atomic E-state index is 0.0986. The summed E-state index contributed by atoms with van der Waals surface area (Å²) in [6.45, 7) is 6.47. The van der Waals surface area contributed by atoms with Crippen LogP contribution in [0.3, 0.4) is 0 Å². The first-order valence-corrected chi connectivity index (χ1v) is 10.9. The van der Waals surface area contributed by atoms with Gasteiger partial charge >= 0.3 is 0 Å². The summed E-state index contributed by atoms with van der Waals surface area (Å²) in [5.41, 5.74) is 3.35. The van der Waals surface area contributed by atoms with Crippen molar-refractivity contribution in [1.82, 2.24) is 0 Å². The highest BCUT2D eigenvalue weighted by atomic mass is 35.5. The van der Waals surface area contributed by atoms with Gasteiger partial charge in [0.05, 0.1) is 0 Å². The molecular weight excluding hydrogens is 413 g/mol. The summed E-state index contributed by atoms with van der Waals surface area (Å²) in [6, 6.07) is 25.7. The van der Waals surface area contributed by atoms with Crippen molar-refractivity contribution < 1.29 is 4.79 Å². The predicted octanol–water partition coefficient (Wildman–Crippen LogP) is 7.14. The number of carbonyl (C=O) groups is 1. The van der Waals surface area contributed by atoms with Gasteiger partial charge in [0.1, 0.15) is 5.38 Å². The Labute approximate surface area is 188 Å². The minimum Gasteiger partial charge on any atom is -0.305 e. The number of para-hydroxylation sites is 1. The molecule has 30 heavy (non-hydrogen) atoms. The van der Waals surface area contributed by atoms with Gasteiger partial charge in [-0.25, -0.2) is 0 Å². The smallest absolute Gasteiger partial charge is 0.250 e. The van der Waals surface area contributed by atoms with E-state index in [4.69, 9.17) is 23.2 Å². The van der Waals surface area contributed by atoms with Crippen LogP contribution in [-0.2, 0) is 10.2 Å². The lowest BCUT2D eigenvalue weighted by Crippen LogP contribution is -2.56. The van der Waals surface area contributed by atoms with Crippen LogP contribution in [0.25, 0.3) is 0 Å². The van der Waals surface area contributed by atoms with Crippen molar-refractivity contribution >= 4 is 34.8 Å². The number of rotatable bonds is 3. The zero-order valence-corrected chi connectivity index (χ0v) is 18.9. The lowest BCUT2D eigenvalue weighted by molar-refractivity contribution is -0.119. The summed E-state index contributed by atoms with van der Waals surface area (Å²) >= 11 is 12.8. The number of alkyl halides is 1. The minimum atomic E-state index is -0.738. The number of hydrogen-bond acceptors (Lipinski definition) is 1. The average molecular weight is 438 g/mol. The molecule has 2 atom stereocenters. The van der Waals surface area contributed by atoms with Crippen molar-refractivity contribution in [3.8, 4) is 0 Å². The third kappa shape index (κ3) is 3.53. The maximum Gasteiger partial charge on any atom is 0.250 e. The van der Waals surface area contributed by atoms with Gasteiger partial charge in [-0.3, -0.25) is 4.79 Å². The van der Waals surface area contributed by atoms with E-state index in [0.717, 1.165) is 28.3 Å². The maximum atomic E-state index is 13.6. The van der Waals surface area contributed by atoms with E-state index in [1.807, 2.05) is 65.6 Å². The zero-order chi connectivity index (χ0) is 21.5. The van der Waals surface area contributed by atoms with E-state index in [1.165, 1.54) is 5.56 Å². The van der Waals surface area contributed by atoms with Gasteiger partial charge < -0.3 is 4.90 Å². The third-order valence-corrected chi connectivity index (χ3v) is 6.83. The number of anilines is 1. The average Bonchev–Trinajstić information content (AvgIpc) is 2.73. The first-order chi connectivity index (χ1) is 14.2. The summed E-state index contributed by atoms with van der Waals surface area (Å²) in [5, 5.41) is -0.0197. The molecular formula is C26H25Cl2NO. The van der Waals surface area contributed by atoms with Crippen LogP contribution in [0.2, 0.25) is 5.02 Å². The number of benzene rings is 3. The van der Waals surface area contributed by atoms with Gasteiger partial charge in [0, 0.05) is 21.7 Å². The Morgan fingerprint density at radius 3 is 2.17 bits per heavy atom. The van der Waals surface area contributed by atoms with Crippen molar-refractivity contribution in [3.63, 3.8) is 0 Å². The van der Waals surface area contributed by atoms with Gasteiger partial charge in [0.2, 0.25) is 5.91 Å². The third-order valence-electron chi connectivity index (χ3n) is 6.14. The van der Waals surface area contributed by atoms with Gasteiger partial charge in [-0.1, -0.05) is 79.2 Å². The second-order valence-corrected chi connectivity index (χ2v) is 9.67. The normalized spacial score (nSPS) is 21.0. The molecule has 1 amide bonds. The molecule has 3 aromatic carbocycles. The molecule has 2 nitrogen and oxygen atoms in total. The number of halogens is 2. The first kappa shape index (κ1) is 21.0. The summed E-state index contributed by atoms with van der Waals surface area (Å²) in [7, 11) is 0. The van der Waals surface area contributed by atoms with Gasteiger partial charge in [-0.15, -0.1) is 11.6 Å². The fourth-order valence-corrected chi connectivity index (χ4v) is 5.24. The van der Waals surface area contributed by atoms with Crippen LogP contribution in [0.5, 0.6) is 0 Å². The quantitative estimate of drug-likeness (QED) is 0.398. The summed E-state index contributed by atoms with van der Waals surface area (Å²) in [5.74, 6) is -0.0986. The first-order valence-electron chi connectivity index (χ1n) is 10.1. The van der Waals surface area contributed by atoms with Crippen LogP contribution in [0.1, 0.15) is 49.3 Å². The Morgan fingerprint density at radius 2 is 1.50 bits per heavy atom. The number of hydrogen-bond donors (Lipinski definition) is 0. The molecule has 4 heteroatoms. The van der Waals surface area contributed by atoms with Crippen LogP contribution in [-0.4, -0.2) is 11.4 Å². The van der Waals surface area contributed by atoms with Crippen molar-refractivity contribution in [2.24, 2.45) is 0 Å². The summed E-state index contributed by atoms with van der Waals surface area (Å²) in [6.07, 6.45) is 0.767. The zero-order valence-electron chi connectivity index (χ0n) is 17.4. The molecule has 154 valence electrons. The lowest BCUT2D eigenvalue weighted by Gasteiger charge is -2.51. The van der Waals surface area contributed by atoms with Crippen molar-refractivity contribution in [1.29, 1.82) is 0 Å². The Hall–Kier alpha value is -2.29. The van der Waals surface area contributed by atoms with Crippen LogP contribution in [0.4, 0.5) is 5.69 Å². The Morgan fingerprint density at radius 1 is 0.900 bits per heavy atom. The van der Waals surface area contributed by atoms with E-state index in [-0.39, 0.29) is 11.3 Å². The molecule has 4 rings (SSSR count). The summed E-state index contributed by atoms with van der Waals surface area (Å²) in [4.78, 5) is 15.5. The van der Waals surface area contributed by atoms with Gasteiger partial charge in [0.25, 0.3) is 0 Å². The van der Waals surface area contributed by atoms with Gasteiger partial charge in [-0.05, 0) is 55.2 Å². The van der Waals surface area contributed by atoms with E-state index in [0.29, 0.717) is 0 Å². The number of amides is 1. The molecule has 0 saturated heterocycles. The highest BCUT2D eigenvalue weighted by Gasteiger charge is 2.48. The Balaban J connectivity index is 1.83. The van der Waals surface area contributed by atoms with Crippen LogP contribution in [0.15, 0.2) is 78.9 Å². The van der Waals surface area contributed by atoms with Crippen molar-refractivity contribution in [2.75, 3.05) is 4.90 Å². The Bertz CT molecular complexity index is 1060. The second-order valence-electron chi connectivity index (χ2n) is 8.79. The molecule has 2 unspecified atom stereocenters. The topological polar surface area (TPSA) is 20.3 Å². The summed E-state index contributed by atoms with van der Waals surface area (Å²) < 4.78 is 0. The molecule has 0 saturated carbocycles. The fourth-order valence-electron chi connectivity index (χ4n) is 4.87. The largest absolute Gasteiger partial charge is 0.305 e. The molecule has 1 aliphatic rings. The van der Waals surface area contributed by atoms with Gasteiger partial charge in [0.15, 0.2) is 0 Å². The molecule has 1 heterocycles. The SMILES string of the molecule is CC1(c2ccc(Cl)cc2)CC(C)(C)N(C(=O)C(Cl)c2ccccc2)c2ccccc21. The molecule has 0 radical (unpaired) electrons. The fraction of sp³-hybridized carbons (Fsp3) is 0.269. The number of carbonyl (C=O) groups excluding carboxylic acids is 1. The molecule has 0 bridgehead atoms. The van der Waals surface area contributed by atoms with Crippen LogP contribution < -0.4 is 4.90 Å². The van der Waals surface area contributed by atoms with Crippen LogP contribution >= 0.6 is 23.2 Å². The van der Waals surface area contributed by atoms with Crippen molar-refractivity contribution in [3.05, 3.63) is 101 Å². The predicted molar refractivity (Wildman–Crippen MR) is 126 cm³/mol. The lowest BCUT2D eigenvalue weighted by atomic mass is 9.65. The van der Waals surface area contributed by atoms with Crippen LogP contribution in [0, 0.1) is 0 Å². The molecule has 1 aliphatic heterocycles. The van der Waals surface area contributed by atoms with E-state index >= 15 is 0 Å². The monoisotopic (exact) mass is 437 g/mol. The number of fused-ring (bicyclic) bond motifs is 1. The van der Waals surface area contributed by atoms with E-state index in [9.17, 15) is 4.79 Å². The standard InChI is InChI=1S/C26H25Cl2NO/c1-25(2)17-26(3,19-13-15-20(27)16-14-19)21-11-7-8-12-22(21)29(25)24(30)23(28)18-9-5-4-6-10-18/h4-16,23H,17H2,1-3H3. The van der Waals surface area contributed by atoms with Crippen molar-refractivity contribution in [2.45, 2.75) is 43.5 Å². The molecule has 0 aliphatic carbocycles. The van der Waals surface area contributed by atoms with Gasteiger partial charge in [-0.2, -0.15) is 0 Å². The maximum absolute atomic E-state index is 13.6. The highest BCUT2D eigenvalue weighted by molar-refractivity contribution is 6.33. The molecule has 0 N–H and O–H groups in total. The molecule has 0 fully saturated rings. The number of nitrogens with zero attached hydrogens (tertiary/aromatic N) is 1. The molecule has 3 aromatic rings. The molecule has 0 aromatic heterocycles. The molecule has 0 spiro atoms. The Kier molecular flexibility index (Phi) is 5.42. The highest BCUT2D eigenvalue weighted by Crippen LogP contribution is 2.51.